The maximum Gasteiger partial charge on any atom is 0.223 e. The van der Waals surface area contributed by atoms with Gasteiger partial charge in [-0.05, 0) is 11.8 Å². The standard InChI is InChI=1S/C16H33N3O/c1-5-6-9-19(15(20)14-16(2,3)4)13-12-18-10-7-17-8-11-18/h17H,5-14H2,1-4H3. The molecule has 0 atom stereocenters. The molecule has 1 N–H and O–H groups in total. The molecule has 0 radical (unpaired) electrons. The summed E-state index contributed by atoms with van der Waals surface area (Å²) in [7, 11) is 0. The Morgan fingerprint density at radius 2 is 1.85 bits per heavy atom. The quantitative estimate of drug-likeness (QED) is 0.776. The van der Waals surface area contributed by atoms with E-state index in [4.69, 9.17) is 0 Å². The molecule has 0 saturated carbocycles. The van der Waals surface area contributed by atoms with Crippen LogP contribution in [-0.4, -0.2) is 61.5 Å². The molecule has 0 aromatic rings. The van der Waals surface area contributed by atoms with Crippen LogP contribution >= 0.6 is 0 Å². The van der Waals surface area contributed by atoms with Gasteiger partial charge in [-0.15, -0.1) is 0 Å². The molecule has 1 aliphatic rings. The van der Waals surface area contributed by atoms with Crippen LogP contribution < -0.4 is 5.32 Å². The lowest BCUT2D eigenvalue weighted by Crippen LogP contribution is -2.47. The lowest BCUT2D eigenvalue weighted by molar-refractivity contribution is -0.133. The number of hydrogen-bond acceptors (Lipinski definition) is 3. The molecule has 0 aromatic heterocycles. The van der Waals surface area contributed by atoms with Gasteiger partial charge in [-0.2, -0.15) is 0 Å². The highest BCUT2D eigenvalue weighted by molar-refractivity contribution is 5.76. The Morgan fingerprint density at radius 1 is 1.20 bits per heavy atom. The van der Waals surface area contributed by atoms with E-state index < -0.39 is 0 Å². The minimum Gasteiger partial charge on any atom is -0.341 e. The van der Waals surface area contributed by atoms with Crippen LogP contribution in [0.15, 0.2) is 0 Å². The Morgan fingerprint density at radius 3 is 2.40 bits per heavy atom. The van der Waals surface area contributed by atoms with Crippen LogP contribution in [0.25, 0.3) is 0 Å². The number of rotatable bonds is 7. The maximum absolute atomic E-state index is 12.4. The summed E-state index contributed by atoms with van der Waals surface area (Å²) in [6.45, 7) is 15.8. The smallest absolute Gasteiger partial charge is 0.223 e. The van der Waals surface area contributed by atoms with E-state index in [1.165, 1.54) is 0 Å². The third-order valence-corrected chi connectivity index (χ3v) is 3.71. The van der Waals surface area contributed by atoms with Crippen LogP contribution in [-0.2, 0) is 4.79 Å². The van der Waals surface area contributed by atoms with Crippen LogP contribution in [0.2, 0.25) is 0 Å². The fourth-order valence-corrected chi connectivity index (χ4v) is 2.47. The summed E-state index contributed by atoms with van der Waals surface area (Å²) in [6.07, 6.45) is 2.91. The van der Waals surface area contributed by atoms with E-state index >= 15 is 0 Å². The van der Waals surface area contributed by atoms with Crippen molar-refractivity contribution < 1.29 is 4.79 Å². The first-order chi connectivity index (χ1) is 9.42. The molecule has 118 valence electrons. The number of amides is 1. The van der Waals surface area contributed by atoms with Gasteiger partial charge in [0.25, 0.3) is 0 Å². The van der Waals surface area contributed by atoms with Gasteiger partial charge in [-0.1, -0.05) is 34.1 Å². The summed E-state index contributed by atoms with van der Waals surface area (Å²) in [5.41, 5.74) is 0.0800. The molecule has 0 unspecified atom stereocenters. The zero-order valence-electron chi connectivity index (χ0n) is 13.9. The summed E-state index contributed by atoms with van der Waals surface area (Å²) >= 11 is 0. The minimum atomic E-state index is 0.0800. The summed E-state index contributed by atoms with van der Waals surface area (Å²) in [4.78, 5) is 17.0. The molecule has 0 spiro atoms. The van der Waals surface area contributed by atoms with Gasteiger partial charge in [-0.25, -0.2) is 0 Å². The van der Waals surface area contributed by atoms with Gasteiger partial charge in [0, 0.05) is 52.2 Å². The fourth-order valence-electron chi connectivity index (χ4n) is 2.47. The Hall–Kier alpha value is -0.610. The highest BCUT2D eigenvalue weighted by Crippen LogP contribution is 2.20. The third kappa shape index (κ3) is 7.25. The third-order valence-electron chi connectivity index (χ3n) is 3.71. The predicted octanol–water partition coefficient (Wildman–Crippen LogP) is 1.96. The number of nitrogens with zero attached hydrogens (tertiary/aromatic N) is 2. The molecule has 1 heterocycles. The van der Waals surface area contributed by atoms with E-state index in [9.17, 15) is 4.79 Å². The SMILES string of the molecule is CCCCN(CCN1CCNCC1)C(=O)CC(C)(C)C. The van der Waals surface area contributed by atoms with Crippen molar-refractivity contribution in [2.24, 2.45) is 5.41 Å². The fraction of sp³-hybridized carbons (Fsp3) is 0.938. The zero-order chi connectivity index (χ0) is 15.0. The van der Waals surface area contributed by atoms with Crippen molar-refractivity contribution in [3.63, 3.8) is 0 Å². The van der Waals surface area contributed by atoms with Crippen molar-refractivity contribution in [3.05, 3.63) is 0 Å². The van der Waals surface area contributed by atoms with Crippen molar-refractivity contribution >= 4 is 5.91 Å². The van der Waals surface area contributed by atoms with Gasteiger partial charge in [-0.3, -0.25) is 9.69 Å². The van der Waals surface area contributed by atoms with E-state index in [1.54, 1.807) is 0 Å². The van der Waals surface area contributed by atoms with Crippen LogP contribution in [0, 0.1) is 5.41 Å². The summed E-state index contributed by atoms with van der Waals surface area (Å²) in [6, 6.07) is 0. The van der Waals surface area contributed by atoms with E-state index in [0.29, 0.717) is 12.3 Å². The van der Waals surface area contributed by atoms with Crippen molar-refractivity contribution in [1.82, 2.24) is 15.1 Å². The molecular weight excluding hydrogens is 250 g/mol. The van der Waals surface area contributed by atoms with E-state index in [-0.39, 0.29) is 5.41 Å². The van der Waals surface area contributed by atoms with Crippen LogP contribution in [0.4, 0.5) is 0 Å². The first-order valence-corrected chi connectivity index (χ1v) is 8.13. The molecule has 0 aliphatic carbocycles. The van der Waals surface area contributed by atoms with Gasteiger partial charge >= 0.3 is 0 Å². The molecule has 1 rings (SSSR count). The number of hydrogen-bond donors (Lipinski definition) is 1. The Balaban J connectivity index is 2.43. The van der Waals surface area contributed by atoms with Gasteiger partial charge in [0.2, 0.25) is 5.91 Å². The summed E-state index contributed by atoms with van der Waals surface area (Å²) in [5.74, 6) is 0.320. The van der Waals surface area contributed by atoms with Crippen molar-refractivity contribution in [2.45, 2.75) is 47.0 Å². The summed E-state index contributed by atoms with van der Waals surface area (Å²) in [5, 5.41) is 3.37. The van der Waals surface area contributed by atoms with E-state index in [0.717, 1.165) is 58.7 Å². The Labute approximate surface area is 124 Å². The molecule has 4 nitrogen and oxygen atoms in total. The van der Waals surface area contributed by atoms with Crippen molar-refractivity contribution in [3.8, 4) is 0 Å². The zero-order valence-corrected chi connectivity index (χ0v) is 13.9. The molecule has 1 saturated heterocycles. The first kappa shape index (κ1) is 17.4. The second-order valence-corrected chi connectivity index (χ2v) is 7.06. The molecule has 20 heavy (non-hydrogen) atoms. The molecular formula is C16H33N3O. The Bertz CT molecular complexity index is 280. The maximum atomic E-state index is 12.4. The number of nitrogens with one attached hydrogen (secondary N) is 1. The topological polar surface area (TPSA) is 35.6 Å². The van der Waals surface area contributed by atoms with Gasteiger partial charge in [0.1, 0.15) is 0 Å². The molecule has 1 amide bonds. The molecule has 1 fully saturated rings. The second kappa shape index (κ2) is 8.63. The Kier molecular flexibility index (Phi) is 7.52. The molecule has 0 aromatic carbocycles. The average molecular weight is 283 g/mol. The largest absolute Gasteiger partial charge is 0.341 e. The van der Waals surface area contributed by atoms with Crippen LogP contribution in [0.3, 0.4) is 0 Å². The van der Waals surface area contributed by atoms with Gasteiger partial charge in [0.15, 0.2) is 0 Å². The lowest BCUT2D eigenvalue weighted by Gasteiger charge is -2.31. The lowest BCUT2D eigenvalue weighted by atomic mass is 9.91. The highest BCUT2D eigenvalue weighted by atomic mass is 16.2. The van der Waals surface area contributed by atoms with Crippen LogP contribution in [0.5, 0.6) is 0 Å². The number of carbonyl (C=O) groups is 1. The second-order valence-electron chi connectivity index (χ2n) is 7.06. The molecule has 4 heteroatoms. The predicted molar refractivity (Wildman–Crippen MR) is 84.9 cm³/mol. The van der Waals surface area contributed by atoms with Gasteiger partial charge < -0.3 is 10.2 Å². The number of unbranched alkanes of at least 4 members (excludes halogenated alkanes) is 1. The van der Waals surface area contributed by atoms with Crippen LogP contribution in [0.1, 0.15) is 47.0 Å². The minimum absolute atomic E-state index is 0.0800. The molecule has 0 bridgehead atoms. The normalized spacial score (nSPS) is 17.2. The van der Waals surface area contributed by atoms with Crippen molar-refractivity contribution in [1.29, 1.82) is 0 Å². The van der Waals surface area contributed by atoms with E-state index in [2.05, 4.69) is 42.8 Å². The average Bonchev–Trinajstić information content (AvgIpc) is 2.38. The monoisotopic (exact) mass is 283 g/mol. The van der Waals surface area contributed by atoms with Gasteiger partial charge in [0.05, 0.1) is 0 Å². The first-order valence-electron chi connectivity index (χ1n) is 8.13. The highest BCUT2D eigenvalue weighted by Gasteiger charge is 2.21. The number of piperazine rings is 1. The van der Waals surface area contributed by atoms with Crippen molar-refractivity contribution in [2.75, 3.05) is 45.8 Å². The number of carbonyl (C=O) groups excluding carboxylic acids is 1. The van der Waals surface area contributed by atoms with E-state index in [1.807, 2.05) is 0 Å². The summed E-state index contributed by atoms with van der Waals surface area (Å²) < 4.78 is 0. The molecule has 1 aliphatic heterocycles.